The second-order valence-electron chi connectivity index (χ2n) is 2.27. The van der Waals surface area contributed by atoms with E-state index in [0.717, 1.165) is 12.8 Å². The lowest BCUT2D eigenvalue weighted by Gasteiger charge is -2.03. The van der Waals surface area contributed by atoms with Crippen molar-refractivity contribution in [3.05, 3.63) is 12.7 Å². The number of allylic oxidation sites excluding steroid dienone is 1. The minimum Gasteiger partial charge on any atom is -0.444 e. The van der Waals surface area contributed by atoms with Crippen molar-refractivity contribution in [3.63, 3.8) is 0 Å². The molecule has 1 saturated heterocycles. The zero-order valence-electron chi connectivity index (χ0n) is 5.80. The van der Waals surface area contributed by atoms with Crippen molar-refractivity contribution in [1.29, 1.82) is 0 Å². The quantitative estimate of drug-likeness (QED) is 0.597. The van der Waals surface area contributed by atoms with Gasteiger partial charge in [-0.2, -0.15) is 0 Å². The standard InChI is InChI=1S/C7H11NO2/c1-2-3-4-6-5-8-7(9)10-6/h2,6H,1,3-5H2,(H,8,9)/t6-/m0/s1. The molecule has 0 unspecified atom stereocenters. The van der Waals surface area contributed by atoms with Crippen LogP contribution in [-0.4, -0.2) is 18.7 Å². The number of nitrogens with one attached hydrogen (secondary N) is 1. The van der Waals surface area contributed by atoms with E-state index in [1.165, 1.54) is 0 Å². The molecule has 1 fully saturated rings. The van der Waals surface area contributed by atoms with Crippen molar-refractivity contribution in [2.24, 2.45) is 0 Å². The molecule has 1 aliphatic rings. The molecule has 1 amide bonds. The Morgan fingerprint density at radius 3 is 3.20 bits per heavy atom. The van der Waals surface area contributed by atoms with Gasteiger partial charge in [-0.25, -0.2) is 4.79 Å². The van der Waals surface area contributed by atoms with Crippen molar-refractivity contribution in [3.8, 4) is 0 Å². The summed E-state index contributed by atoms with van der Waals surface area (Å²) in [5.74, 6) is 0. The fraction of sp³-hybridized carbons (Fsp3) is 0.571. The molecule has 0 radical (unpaired) electrons. The van der Waals surface area contributed by atoms with E-state index in [4.69, 9.17) is 4.74 Å². The number of carbonyl (C=O) groups excluding carboxylic acids is 1. The molecule has 56 valence electrons. The summed E-state index contributed by atoms with van der Waals surface area (Å²) in [7, 11) is 0. The molecule has 0 bridgehead atoms. The van der Waals surface area contributed by atoms with Gasteiger partial charge in [-0.05, 0) is 12.8 Å². The Morgan fingerprint density at radius 1 is 1.90 bits per heavy atom. The summed E-state index contributed by atoms with van der Waals surface area (Å²) in [6.45, 7) is 4.23. The first-order valence-electron chi connectivity index (χ1n) is 3.38. The molecule has 3 heteroatoms. The molecular formula is C7H11NO2. The molecule has 0 aromatic rings. The van der Waals surface area contributed by atoms with Gasteiger partial charge in [-0.1, -0.05) is 6.08 Å². The maximum atomic E-state index is 10.5. The van der Waals surface area contributed by atoms with Gasteiger partial charge in [0.1, 0.15) is 6.10 Å². The van der Waals surface area contributed by atoms with Gasteiger partial charge in [-0.15, -0.1) is 6.58 Å². The number of rotatable bonds is 3. The Hall–Kier alpha value is -0.990. The van der Waals surface area contributed by atoms with E-state index >= 15 is 0 Å². The Kier molecular flexibility index (Phi) is 2.31. The van der Waals surface area contributed by atoms with E-state index in [9.17, 15) is 4.79 Å². The number of alkyl carbamates (subject to hydrolysis) is 1. The largest absolute Gasteiger partial charge is 0.444 e. The molecule has 10 heavy (non-hydrogen) atoms. The Morgan fingerprint density at radius 2 is 2.70 bits per heavy atom. The van der Waals surface area contributed by atoms with E-state index in [2.05, 4.69) is 11.9 Å². The topological polar surface area (TPSA) is 38.3 Å². The van der Waals surface area contributed by atoms with Crippen LogP contribution in [0.25, 0.3) is 0 Å². The third-order valence-electron chi connectivity index (χ3n) is 1.44. The maximum Gasteiger partial charge on any atom is 0.407 e. The van der Waals surface area contributed by atoms with Crippen molar-refractivity contribution in [1.82, 2.24) is 5.32 Å². The predicted molar refractivity (Wildman–Crippen MR) is 37.7 cm³/mol. The fourth-order valence-corrected chi connectivity index (χ4v) is 0.897. The van der Waals surface area contributed by atoms with Gasteiger partial charge in [0.2, 0.25) is 0 Å². The van der Waals surface area contributed by atoms with Gasteiger partial charge < -0.3 is 10.1 Å². The lowest BCUT2D eigenvalue weighted by atomic mass is 10.2. The summed E-state index contributed by atoms with van der Waals surface area (Å²) >= 11 is 0. The average Bonchev–Trinajstić information content (AvgIpc) is 2.31. The van der Waals surface area contributed by atoms with E-state index in [1.54, 1.807) is 0 Å². The third-order valence-corrected chi connectivity index (χ3v) is 1.44. The van der Waals surface area contributed by atoms with Gasteiger partial charge in [0.15, 0.2) is 0 Å². The van der Waals surface area contributed by atoms with Gasteiger partial charge >= 0.3 is 6.09 Å². The van der Waals surface area contributed by atoms with Gasteiger partial charge in [-0.3, -0.25) is 0 Å². The van der Waals surface area contributed by atoms with Crippen LogP contribution in [0.5, 0.6) is 0 Å². The fourth-order valence-electron chi connectivity index (χ4n) is 0.897. The molecule has 0 saturated carbocycles. The molecular weight excluding hydrogens is 130 g/mol. The molecule has 0 aromatic carbocycles. The number of hydrogen-bond donors (Lipinski definition) is 1. The molecule has 1 atom stereocenters. The van der Waals surface area contributed by atoms with Crippen LogP contribution in [-0.2, 0) is 4.74 Å². The SMILES string of the molecule is C=CCC[C@H]1CNC(=O)O1. The molecule has 1 heterocycles. The number of ether oxygens (including phenoxy) is 1. The maximum absolute atomic E-state index is 10.5. The van der Waals surface area contributed by atoms with Crippen LogP contribution in [0.1, 0.15) is 12.8 Å². The molecule has 0 aromatic heterocycles. The summed E-state index contributed by atoms with van der Waals surface area (Å²) in [5, 5.41) is 2.58. The Balaban J connectivity index is 2.18. The van der Waals surface area contributed by atoms with Crippen molar-refractivity contribution < 1.29 is 9.53 Å². The number of hydrogen-bond acceptors (Lipinski definition) is 2. The van der Waals surface area contributed by atoms with Crippen LogP contribution in [0.3, 0.4) is 0 Å². The van der Waals surface area contributed by atoms with Crippen molar-refractivity contribution >= 4 is 6.09 Å². The summed E-state index contributed by atoms with van der Waals surface area (Å²) in [6.07, 6.45) is 3.37. The number of amides is 1. The van der Waals surface area contributed by atoms with Crippen LogP contribution in [0.2, 0.25) is 0 Å². The summed E-state index contributed by atoms with van der Waals surface area (Å²) in [4.78, 5) is 10.5. The van der Waals surface area contributed by atoms with Gasteiger partial charge in [0.25, 0.3) is 0 Å². The number of carbonyl (C=O) groups is 1. The first kappa shape index (κ1) is 7.12. The smallest absolute Gasteiger partial charge is 0.407 e. The predicted octanol–water partition coefficient (Wildman–Crippen LogP) is 1.06. The summed E-state index contributed by atoms with van der Waals surface area (Å²) in [6, 6.07) is 0. The molecule has 1 N–H and O–H groups in total. The average molecular weight is 141 g/mol. The van der Waals surface area contributed by atoms with Crippen LogP contribution in [0, 0.1) is 0 Å². The van der Waals surface area contributed by atoms with E-state index < -0.39 is 0 Å². The first-order valence-corrected chi connectivity index (χ1v) is 3.38. The number of cyclic esters (lactones) is 1. The highest BCUT2D eigenvalue weighted by Crippen LogP contribution is 2.06. The molecule has 3 nitrogen and oxygen atoms in total. The lowest BCUT2D eigenvalue weighted by molar-refractivity contribution is 0.136. The van der Waals surface area contributed by atoms with Crippen LogP contribution >= 0.6 is 0 Å². The Labute approximate surface area is 60.1 Å². The second-order valence-corrected chi connectivity index (χ2v) is 2.27. The Bertz CT molecular complexity index is 145. The zero-order chi connectivity index (χ0) is 7.40. The minimum atomic E-state index is -0.297. The van der Waals surface area contributed by atoms with Crippen LogP contribution in [0.4, 0.5) is 4.79 Å². The van der Waals surface area contributed by atoms with Crippen LogP contribution in [0.15, 0.2) is 12.7 Å². The summed E-state index contributed by atoms with van der Waals surface area (Å²) < 4.78 is 4.87. The zero-order valence-corrected chi connectivity index (χ0v) is 5.80. The summed E-state index contributed by atoms with van der Waals surface area (Å²) in [5.41, 5.74) is 0. The van der Waals surface area contributed by atoms with Crippen molar-refractivity contribution in [2.45, 2.75) is 18.9 Å². The minimum absolute atomic E-state index is 0.0606. The van der Waals surface area contributed by atoms with E-state index in [1.807, 2.05) is 6.08 Å². The highest BCUT2D eigenvalue weighted by molar-refractivity contribution is 5.69. The van der Waals surface area contributed by atoms with E-state index in [-0.39, 0.29) is 12.2 Å². The third kappa shape index (κ3) is 1.76. The van der Waals surface area contributed by atoms with Crippen molar-refractivity contribution in [2.75, 3.05) is 6.54 Å². The van der Waals surface area contributed by atoms with E-state index in [0.29, 0.717) is 6.54 Å². The molecule has 1 rings (SSSR count). The van der Waals surface area contributed by atoms with Gasteiger partial charge in [0, 0.05) is 0 Å². The highest BCUT2D eigenvalue weighted by Gasteiger charge is 2.20. The molecule has 1 aliphatic heterocycles. The lowest BCUT2D eigenvalue weighted by Crippen LogP contribution is -2.14. The molecule has 0 spiro atoms. The van der Waals surface area contributed by atoms with Gasteiger partial charge in [0.05, 0.1) is 6.54 Å². The normalized spacial score (nSPS) is 23.6. The highest BCUT2D eigenvalue weighted by atomic mass is 16.6. The first-order chi connectivity index (χ1) is 4.83. The van der Waals surface area contributed by atoms with Crippen LogP contribution < -0.4 is 5.32 Å². The molecule has 0 aliphatic carbocycles. The monoisotopic (exact) mass is 141 g/mol. The second kappa shape index (κ2) is 3.25.